The molecule has 1 unspecified atom stereocenters. The quantitative estimate of drug-likeness (QED) is 0.775. The molecule has 1 atom stereocenters. The van der Waals surface area contributed by atoms with Gasteiger partial charge >= 0.3 is 0 Å². The van der Waals surface area contributed by atoms with Crippen molar-refractivity contribution in [2.45, 2.75) is 46.0 Å². The van der Waals surface area contributed by atoms with Crippen LogP contribution in [0.25, 0.3) is 0 Å². The molecule has 0 saturated heterocycles. The molecule has 1 saturated carbocycles. The maximum Gasteiger partial charge on any atom is 0.140 e. The van der Waals surface area contributed by atoms with Crippen LogP contribution < -0.4 is 0 Å². The van der Waals surface area contributed by atoms with Crippen molar-refractivity contribution in [3.05, 3.63) is 34.9 Å². The van der Waals surface area contributed by atoms with E-state index in [1.54, 1.807) is 0 Å². The maximum absolute atomic E-state index is 12.5. The number of halogens is 1. The van der Waals surface area contributed by atoms with Crippen LogP contribution in [-0.4, -0.2) is 5.78 Å². The Morgan fingerprint density at radius 2 is 2.06 bits per heavy atom. The number of hydrogen-bond acceptors (Lipinski definition) is 1. The first-order valence-corrected chi connectivity index (χ1v) is 7.14. The van der Waals surface area contributed by atoms with E-state index in [1.807, 2.05) is 24.3 Å². The highest BCUT2D eigenvalue weighted by Gasteiger charge is 2.36. The van der Waals surface area contributed by atoms with Gasteiger partial charge in [0.25, 0.3) is 0 Å². The lowest BCUT2D eigenvalue weighted by molar-refractivity contribution is -0.127. The van der Waals surface area contributed by atoms with Gasteiger partial charge in [-0.3, -0.25) is 4.79 Å². The molecule has 98 valence electrons. The molecule has 0 radical (unpaired) electrons. The van der Waals surface area contributed by atoms with Crippen molar-refractivity contribution in [3.8, 4) is 0 Å². The predicted octanol–water partition coefficient (Wildman–Crippen LogP) is 4.67. The van der Waals surface area contributed by atoms with E-state index < -0.39 is 0 Å². The molecule has 0 spiro atoms. The summed E-state index contributed by atoms with van der Waals surface area (Å²) in [5.41, 5.74) is 1.11. The van der Waals surface area contributed by atoms with Crippen molar-refractivity contribution in [2.24, 2.45) is 11.3 Å². The number of carbonyl (C=O) groups excluding carboxylic acids is 1. The number of benzene rings is 1. The lowest BCUT2D eigenvalue weighted by atomic mass is 9.66. The van der Waals surface area contributed by atoms with E-state index in [1.165, 1.54) is 12.8 Å². The Bertz CT molecular complexity index is 436. The SMILES string of the molecule is CC1(C)CCCCC1C(=O)Cc1ccccc1Cl. The molecule has 0 amide bonds. The van der Waals surface area contributed by atoms with Gasteiger partial charge in [-0.25, -0.2) is 0 Å². The van der Waals surface area contributed by atoms with E-state index >= 15 is 0 Å². The summed E-state index contributed by atoms with van der Waals surface area (Å²) in [6.07, 6.45) is 5.11. The molecular formula is C16H21ClO. The Balaban J connectivity index is 2.10. The van der Waals surface area contributed by atoms with E-state index in [0.29, 0.717) is 17.2 Å². The van der Waals surface area contributed by atoms with Crippen LogP contribution in [0.4, 0.5) is 0 Å². The Hall–Kier alpha value is -0.820. The Morgan fingerprint density at radius 3 is 2.72 bits per heavy atom. The van der Waals surface area contributed by atoms with Crippen molar-refractivity contribution < 1.29 is 4.79 Å². The second kappa shape index (κ2) is 5.44. The molecule has 2 rings (SSSR count). The molecule has 0 N–H and O–H groups in total. The third-order valence-electron chi connectivity index (χ3n) is 4.22. The Labute approximate surface area is 115 Å². The van der Waals surface area contributed by atoms with E-state index in [9.17, 15) is 4.79 Å². The molecule has 2 heteroatoms. The predicted molar refractivity (Wildman–Crippen MR) is 75.9 cm³/mol. The lowest BCUT2D eigenvalue weighted by Gasteiger charge is -2.37. The van der Waals surface area contributed by atoms with Crippen LogP contribution in [0.5, 0.6) is 0 Å². The first kappa shape index (κ1) is 13.6. The Morgan fingerprint density at radius 1 is 1.33 bits per heavy atom. The highest BCUT2D eigenvalue weighted by atomic mass is 35.5. The zero-order valence-electron chi connectivity index (χ0n) is 11.2. The molecule has 1 aromatic rings. The van der Waals surface area contributed by atoms with Crippen molar-refractivity contribution in [3.63, 3.8) is 0 Å². The zero-order chi connectivity index (χ0) is 13.2. The molecule has 0 bridgehead atoms. The summed E-state index contributed by atoms with van der Waals surface area (Å²) in [4.78, 5) is 12.5. The molecule has 0 heterocycles. The number of rotatable bonds is 3. The van der Waals surface area contributed by atoms with Gasteiger partial charge in [0.1, 0.15) is 5.78 Å². The summed E-state index contributed by atoms with van der Waals surface area (Å²) in [5.74, 6) is 0.551. The summed E-state index contributed by atoms with van der Waals surface area (Å²) < 4.78 is 0. The van der Waals surface area contributed by atoms with Gasteiger partial charge < -0.3 is 0 Å². The number of Topliss-reactive ketones (excluding diaryl/α,β-unsaturated/α-hetero) is 1. The van der Waals surface area contributed by atoms with Crippen LogP contribution in [0.15, 0.2) is 24.3 Å². The molecule has 1 aliphatic rings. The molecule has 0 aliphatic heterocycles. The number of carbonyl (C=O) groups is 1. The van der Waals surface area contributed by atoms with E-state index in [0.717, 1.165) is 18.4 Å². The summed E-state index contributed by atoms with van der Waals surface area (Å²) >= 11 is 6.13. The monoisotopic (exact) mass is 264 g/mol. The fourth-order valence-electron chi connectivity index (χ4n) is 3.04. The van der Waals surface area contributed by atoms with Crippen LogP contribution in [-0.2, 0) is 11.2 Å². The van der Waals surface area contributed by atoms with Gasteiger partial charge in [0.15, 0.2) is 0 Å². The van der Waals surface area contributed by atoms with Crippen molar-refractivity contribution in [2.75, 3.05) is 0 Å². The molecule has 18 heavy (non-hydrogen) atoms. The van der Waals surface area contributed by atoms with E-state index in [4.69, 9.17) is 11.6 Å². The van der Waals surface area contributed by atoms with Gasteiger partial charge in [-0.1, -0.05) is 56.5 Å². The third-order valence-corrected chi connectivity index (χ3v) is 4.59. The van der Waals surface area contributed by atoms with Crippen molar-refractivity contribution in [1.29, 1.82) is 0 Å². The number of ketones is 1. The van der Waals surface area contributed by atoms with Gasteiger partial charge in [0, 0.05) is 17.4 Å². The molecular weight excluding hydrogens is 244 g/mol. The largest absolute Gasteiger partial charge is 0.299 e. The summed E-state index contributed by atoms with van der Waals surface area (Å²) in [6.45, 7) is 4.45. The fraction of sp³-hybridized carbons (Fsp3) is 0.562. The first-order valence-electron chi connectivity index (χ1n) is 6.77. The average Bonchev–Trinajstić information content (AvgIpc) is 2.31. The van der Waals surface area contributed by atoms with Crippen molar-refractivity contribution in [1.82, 2.24) is 0 Å². The fourth-order valence-corrected chi connectivity index (χ4v) is 3.25. The molecule has 1 nitrogen and oxygen atoms in total. The molecule has 1 fully saturated rings. The average molecular weight is 265 g/mol. The van der Waals surface area contributed by atoms with Gasteiger partial charge in [-0.2, -0.15) is 0 Å². The van der Waals surface area contributed by atoms with Crippen LogP contribution >= 0.6 is 11.6 Å². The van der Waals surface area contributed by atoms with Gasteiger partial charge in [-0.05, 0) is 29.9 Å². The van der Waals surface area contributed by atoms with E-state index in [-0.39, 0.29) is 11.3 Å². The maximum atomic E-state index is 12.5. The summed E-state index contributed by atoms with van der Waals surface area (Å²) in [7, 11) is 0. The first-order chi connectivity index (χ1) is 8.50. The van der Waals surface area contributed by atoms with Crippen LogP contribution in [0.2, 0.25) is 5.02 Å². The smallest absolute Gasteiger partial charge is 0.140 e. The number of hydrogen-bond donors (Lipinski definition) is 0. The molecule has 1 aliphatic carbocycles. The lowest BCUT2D eigenvalue weighted by Crippen LogP contribution is -2.34. The minimum absolute atomic E-state index is 0.149. The Kier molecular flexibility index (Phi) is 4.11. The second-order valence-corrected chi connectivity index (χ2v) is 6.43. The van der Waals surface area contributed by atoms with Crippen LogP contribution in [0, 0.1) is 11.3 Å². The third kappa shape index (κ3) is 2.95. The van der Waals surface area contributed by atoms with Gasteiger partial charge in [0.05, 0.1) is 0 Å². The molecule has 1 aromatic carbocycles. The highest BCUT2D eigenvalue weighted by molar-refractivity contribution is 6.31. The zero-order valence-corrected chi connectivity index (χ0v) is 12.0. The summed E-state index contributed by atoms with van der Waals surface area (Å²) in [6, 6.07) is 7.66. The highest BCUT2D eigenvalue weighted by Crippen LogP contribution is 2.41. The minimum Gasteiger partial charge on any atom is -0.299 e. The van der Waals surface area contributed by atoms with Gasteiger partial charge in [-0.15, -0.1) is 0 Å². The summed E-state index contributed by atoms with van der Waals surface area (Å²) in [5, 5.41) is 0.708. The van der Waals surface area contributed by atoms with E-state index in [2.05, 4.69) is 13.8 Å². The molecule has 0 aromatic heterocycles. The van der Waals surface area contributed by atoms with Crippen molar-refractivity contribution >= 4 is 17.4 Å². The topological polar surface area (TPSA) is 17.1 Å². The minimum atomic E-state index is 0.149. The van der Waals surface area contributed by atoms with Crippen LogP contribution in [0.3, 0.4) is 0 Å². The second-order valence-electron chi connectivity index (χ2n) is 6.02. The normalized spacial score (nSPS) is 22.7. The standard InChI is InChI=1S/C16H21ClO/c1-16(2)10-6-5-8-13(16)15(18)11-12-7-3-4-9-14(12)17/h3-4,7,9,13H,5-6,8,10-11H2,1-2H3. The van der Waals surface area contributed by atoms with Gasteiger partial charge in [0.2, 0.25) is 0 Å². The van der Waals surface area contributed by atoms with Crippen LogP contribution in [0.1, 0.15) is 45.1 Å².